The van der Waals surface area contributed by atoms with Crippen molar-refractivity contribution in [2.75, 3.05) is 32.7 Å². The lowest BCUT2D eigenvalue weighted by atomic mass is 9.86. The normalized spacial score (nSPS) is 31.9. The fraction of sp³-hybridized carbons (Fsp3) is 1.00. The first-order chi connectivity index (χ1) is 9.74. The van der Waals surface area contributed by atoms with Gasteiger partial charge < -0.3 is 5.73 Å². The number of rotatable bonds is 5. The monoisotopic (exact) mass is 281 g/mol. The second-order valence-electron chi connectivity index (χ2n) is 6.99. The van der Waals surface area contributed by atoms with Crippen LogP contribution >= 0.6 is 0 Å². The summed E-state index contributed by atoms with van der Waals surface area (Å²) >= 11 is 0. The van der Waals surface area contributed by atoms with E-state index in [0.717, 1.165) is 24.9 Å². The van der Waals surface area contributed by atoms with Crippen molar-refractivity contribution in [3.63, 3.8) is 0 Å². The Balaban J connectivity index is 1.84. The van der Waals surface area contributed by atoms with Crippen LogP contribution in [0.4, 0.5) is 0 Å². The largest absolute Gasteiger partial charge is 0.330 e. The SMILES string of the molecule is CCC(CCN)N1CCCN(C2CCCC(C)C2)CC1. The van der Waals surface area contributed by atoms with Gasteiger partial charge in [0.25, 0.3) is 0 Å². The minimum atomic E-state index is 0.713. The molecule has 1 aliphatic carbocycles. The van der Waals surface area contributed by atoms with Crippen molar-refractivity contribution in [3.05, 3.63) is 0 Å². The van der Waals surface area contributed by atoms with Crippen molar-refractivity contribution in [3.8, 4) is 0 Å². The Bertz CT molecular complexity index is 269. The molecule has 0 aromatic rings. The molecule has 0 bridgehead atoms. The number of nitrogens with zero attached hydrogens (tertiary/aromatic N) is 2. The molecule has 0 radical (unpaired) electrons. The molecule has 118 valence electrons. The first-order valence-electron chi connectivity index (χ1n) is 8.92. The highest BCUT2D eigenvalue weighted by Gasteiger charge is 2.27. The third-order valence-electron chi connectivity index (χ3n) is 5.48. The van der Waals surface area contributed by atoms with Crippen LogP contribution < -0.4 is 5.73 Å². The summed E-state index contributed by atoms with van der Waals surface area (Å²) in [5.41, 5.74) is 5.77. The average Bonchev–Trinajstić information content (AvgIpc) is 2.70. The lowest BCUT2D eigenvalue weighted by Gasteiger charge is -2.36. The fourth-order valence-corrected chi connectivity index (χ4v) is 4.26. The molecule has 1 saturated heterocycles. The predicted octanol–water partition coefficient (Wildman–Crippen LogP) is 2.70. The first kappa shape index (κ1) is 16.3. The van der Waals surface area contributed by atoms with Gasteiger partial charge in [0.05, 0.1) is 0 Å². The van der Waals surface area contributed by atoms with E-state index in [2.05, 4.69) is 23.6 Å². The Kier molecular flexibility index (Phi) is 6.79. The molecule has 1 saturated carbocycles. The van der Waals surface area contributed by atoms with Gasteiger partial charge in [0, 0.05) is 25.2 Å². The van der Waals surface area contributed by atoms with E-state index < -0.39 is 0 Å². The molecule has 0 aromatic heterocycles. The van der Waals surface area contributed by atoms with Crippen molar-refractivity contribution in [2.24, 2.45) is 11.7 Å². The second-order valence-corrected chi connectivity index (χ2v) is 6.99. The van der Waals surface area contributed by atoms with Gasteiger partial charge in [-0.3, -0.25) is 9.80 Å². The van der Waals surface area contributed by atoms with E-state index in [0.29, 0.717) is 6.04 Å². The molecule has 2 aliphatic rings. The Morgan fingerprint density at radius 2 is 1.95 bits per heavy atom. The summed E-state index contributed by atoms with van der Waals surface area (Å²) in [6, 6.07) is 1.58. The highest BCUT2D eigenvalue weighted by atomic mass is 15.2. The molecule has 0 aromatic carbocycles. The van der Waals surface area contributed by atoms with Crippen LogP contribution in [0.15, 0.2) is 0 Å². The van der Waals surface area contributed by atoms with E-state index in [4.69, 9.17) is 5.73 Å². The lowest BCUT2D eigenvalue weighted by molar-refractivity contribution is 0.130. The predicted molar refractivity (Wildman–Crippen MR) is 86.9 cm³/mol. The Morgan fingerprint density at radius 1 is 1.10 bits per heavy atom. The van der Waals surface area contributed by atoms with Gasteiger partial charge in [-0.25, -0.2) is 0 Å². The molecule has 0 spiro atoms. The zero-order chi connectivity index (χ0) is 14.4. The quantitative estimate of drug-likeness (QED) is 0.841. The van der Waals surface area contributed by atoms with E-state index in [1.807, 2.05) is 0 Å². The van der Waals surface area contributed by atoms with Crippen molar-refractivity contribution in [2.45, 2.75) is 70.9 Å². The van der Waals surface area contributed by atoms with E-state index >= 15 is 0 Å². The van der Waals surface area contributed by atoms with Crippen LogP contribution in [0.25, 0.3) is 0 Å². The van der Waals surface area contributed by atoms with Gasteiger partial charge in [0.15, 0.2) is 0 Å². The molecular weight excluding hydrogens is 246 g/mol. The van der Waals surface area contributed by atoms with Crippen molar-refractivity contribution in [1.29, 1.82) is 0 Å². The highest BCUT2D eigenvalue weighted by Crippen LogP contribution is 2.28. The topological polar surface area (TPSA) is 32.5 Å². The summed E-state index contributed by atoms with van der Waals surface area (Å²) in [4.78, 5) is 5.50. The van der Waals surface area contributed by atoms with Crippen LogP contribution in [0.3, 0.4) is 0 Å². The second kappa shape index (κ2) is 8.35. The molecule has 2 rings (SSSR count). The zero-order valence-electron chi connectivity index (χ0n) is 13.7. The Hall–Kier alpha value is -0.120. The van der Waals surface area contributed by atoms with Crippen LogP contribution in [0.2, 0.25) is 0 Å². The van der Waals surface area contributed by atoms with Gasteiger partial charge in [-0.05, 0) is 57.7 Å². The molecule has 0 amide bonds. The van der Waals surface area contributed by atoms with E-state index in [-0.39, 0.29) is 0 Å². The number of hydrogen-bond donors (Lipinski definition) is 1. The first-order valence-corrected chi connectivity index (χ1v) is 8.92. The van der Waals surface area contributed by atoms with Crippen molar-refractivity contribution < 1.29 is 0 Å². The minimum Gasteiger partial charge on any atom is -0.330 e. The van der Waals surface area contributed by atoms with Crippen LogP contribution in [-0.2, 0) is 0 Å². The summed E-state index contributed by atoms with van der Waals surface area (Å²) in [5.74, 6) is 0.939. The zero-order valence-corrected chi connectivity index (χ0v) is 13.7. The molecule has 3 atom stereocenters. The molecule has 1 aliphatic heterocycles. The maximum atomic E-state index is 5.77. The van der Waals surface area contributed by atoms with Gasteiger partial charge in [0.1, 0.15) is 0 Å². The maximum Gasteiger partial charge on any atom is 0.0112 e. The number of nitrogens with two attached hydrogens (primary N) is 1. The molecule has 2 fully saturated rings. The van der Waals surface area contributed by atoms with Gasteiger partial charge in [0.2, 0.25) is 0 Å². The van der Waals surface area contributed by atoms with E-state index in [9.17, 15) is 0 Å². The summed E-state index contributed by atoms with van der Waals surface area (Å²) in [6.07, 6.45) is 9.51. The van der Waals surface area contributed by atoms with Crippen LogP contribution in [0, 0.1) is 5.92 Å². The van der Waals surface area contributed by atoms with Gasteiger partial charge in [-0.15, -0.1) is 0 Å². The average molecular weight is 281 g/mol. The third-order valence-corrected chi connectivity index (χ3v) is 5.48. The summed E-state index contributed by atoms with van der Waals surface area (Å²) < 4.78 is 0. The molecular formula is C17H35N3. The Morgan fingerprint density at radius 3 is 2.65 bits per heavy atom. The van der Waals surface area contributed by atoms with E-state index in [1.165, 1.54) is 64.7 Å². The van der Waals surface area contributed by atoms with Crippen LogP contribution in [0.1, 0.15) is 58.8 Å². The lowest BCUT2D eigenvalue weighted by Crippen LogP contribution is -2.42. The maximum absolute atomic E-state index is 5.77. The highest BCUT2D eigenvalue weighted by molar-refractivity contribution is 4.83. The molecule has 3 heteroatoms. The van der Waals surface area contributed by atoms with E-state index in [1.54, 1.807) is 0 Å². The van der Waals surface area contributed by atoms with Crippen LogP contribution in [-0.4, -0.2) is 54.6 Å². The van der Waals surface area contributed by atoms with Crippen LogP contribution in [0.5, 0.6) is 0 Å². The van der Waals surface area contributed by atoms with Crippen molar-refractivity contribution in [1.82, 2.24) is 9.80 Å². The van der Waals surface area contributed by atoms with Gasteiger partial charge >= 0.3 is 0 Å². The fourth-order valence-electron chi connectivity index (χ4n) is 4.26. The minimum absolute atomic E-state index is 0.713. The molecule has 3 nitrogen and oxygen atoms in total. The molecule has 1 heterocycles. The third kappa shape index (κ3) is 4.44. The summed E-state index contributed by atoms with van der Waals surface area (Å²) in [7, 11) is 0. The standard InChI is InChI=1S/C17H35N3/c1-3-16(8-9-18)19-10-5-11-20(13-12-19)17-7-4-6-15(2)14-17/h15-17H,3-14,18H2,1-2H3. The Labute approximate surface area is 125 Å². The smallest absolute Gasteiger partial charge is 0.0112 e. The van der Waals surface area contributed by atoms with Gasteiger partial charge in [-0.2, -0.15) is 0 Å². The van der Waals surface area contributed by atoms with Gasteiger partial charge in [-0.1, -0.05) is 26.7 Å². The molecule has 20 heavy (non-hydrogen) atoms. The molecule has 3 unspecified atom stereocenters. The number of hydrogen-bond acceptors (Lipinski definition) is 3. The molecule has 2 N–H and O–H groups in total. The summed E-state index contributed by atoms with van der Waals surface area (Å²) in [5, 5.41) is 0. The summed E-state index contributed by atoms with van der Waals surface area (Å²) in [6.45, 7) is 10.7. The van der Waals surface area contributed by atoms with Crippen molar-refractivity contribution >= 4 is 0 Å².